The molecule has 120 valence electrons. The van der Waals surface area contributed by atoms with Crippen LogP contribution in [-0.4, -0.2) is 31.0 Å². The van der Waals surface area contributed by atoms with Crippen molar-refractivity contribution in [1.82, 2.24) is 24.4 Å². The quantitative estimate of drug-likeness (QED) is 0.806. The van der Waals surface area contributed by atoms with E-state index >= 15 is 0 Å². The van der Waals surface area contributed by atoms with Crippen LogP contribution < -0.4 is 0 Å². The first-order valence-electron chi connectivity index (χ1n) is 8.38. The second-order valence-electron chi connectivity index (χ2n) is 6.81. The van der Waals surface area contributed by atoms with Gasteiger partial charge in [-0.05, 0) is 18.1 Å². The van der Waals surface area contributed by atoms with Crippen LogP contribution in [0.4, 0.5) is 0 Å². The highest BCUT2D eigenvalue weighted by atomic mass is 15.2. The molecule has 0 radical (unpaired) electrons. The Balaban J connectivity index is 1.63. The highest BCUT2D eigenvalue weighted by Crippen LogP contribution is 2.21. The van der Waals surface area contributed by atoms with Gasteiger partial charge in [-0.3, -0.25) is 4.90 Å². The number of aromatic amines is 1. The minimum absolute atomic E-state index is 0.604. The summed E-state index contributed by atoms with van der Waals surface area (Å²) in [7, 11) is 0. The van der Waals surface area contributed by atoms with Gasteiger partial charge in [-0.15, -0.1) is 0 Å². The third-order valence-corrected chi connectivity index (χ3v) is 4.50. The fourth-order valence-corrected chi connectivity index (χ4v) is 3.42. The Morgan fingerprint density at radius 2 is 2.13 bits per heavy atom. The summed E-state index contributed by atoms with van der Waals surface area (Å²) in [5.74, 6) is 1.77. The molecule has 0 amide bonds. The normalized spacial score (nSPS) is 15.4. The number of hydrogen-bond donors (Lipinski definition) is 1. The van der Waals surface area contributed by atoms with Crippen molar-refractivity contribution in [2.24, 2.45) is 5.92 Å². The van der Waals surface area contributed by atoms with Gasteiger partial charge in [0.1, 0.15) is 5.82 Å². The number of para-hydroxylation sites is 2. The molecule has 23 heavy (non-hydrogen) atoms. The number of rotatable bonds is 4. The van der Waals surface area contributed by atoms with Crippen molar-refractivity contribution >= 4 is 11.0 Å². The van der Waals surface area contributed by atoms with Gasteiger partial charge >= 0.3 is 0 Å². The Morgan fingerprint density at radius 1 is 1.26 bits per heavy atom. The van der Waals surface area contributed by atoms with Crippen LogP contribution in [0, 0.1) is 5.92 Å². The number of hydrogen-bond acceptors (Lipinski definition) is 3. The fourth-order valence-electron chi connectivity index (χ4n) is 3.42. The van der Waals surface area contributed by atoms with E-state index < -0.39 is 0 Å². The Kier molecular flexibility index (Phi) is 3.65. The Morgan fingerprint density at radius 3 is 3.00 bits per heavy atom. The molecule has 5 heteroatoms. The second kappa shape index (κ2) is 5.81. The molecule has 3 aromatic rings. The SMILES string of the molecule is CC(C)Cn1c(CN2CCc3nc[nH]c3C2)nc2ccccc21. The summed E-state index contributed by atoms with van der Waals surface area (Å²) >= 11 is 0. The van der Waals surface area contributed by atoms with Crippen molar-refractivity contribution < 1.29 is 0 Å². The highest BCUT2D eigenvalue weighted by molar-refractivity contribution is 5.75. The van der Waals surface area contributed by atoms with E-state index in [1.54, 1.807) is 0 Å². The van der Waals surface area contributed by atoms with E-state index in [0.717, 1.165) is 38.1 Å². The molecular weight excluding hydrogens is 286 g/mol. The first kappa shape index (κ1) is 14.5. The number of nitrogens with zero attached hydrogens (tertiary/aromatic N) is 4. The number of nitrogens with one attached hydrogen (secondary N) is 1. The minimum atomic E-state index is 0.604. The zero-order chi connectivity index (χ0) is 15.8. The number of fused-ring (bicyclic) bond motifs is 2. The monoisotopic (exact) mass is 309 g/mol. The van der Waals surface area contributed by atoms with Crippen LogP contribution in [0.15, 0.2) is 30.6 Å². The van der Waals surface area contributed by atoms with Crippen molar-refractivity contribution in [1.29, 1.82) is 0 Å². The number of imidazole rings is 2. The number of aromatic nitrogens is 4. The summed E-state index contributed by atoms with van der Waals surface area (Å²) < 4.78 is 2.39. The Labute approximate surface area is 136 Å². The molecule has 0 unspecified atom stereocenters. The zero-order valence-electron chi connectivity index (χ0n) is 13.8. The molecule has 0 saturated heterocycles. The predicted octanol–water partition coefficient (Wildman–Crippen LogP) is 2.97. The lowest BCUT2D eigenvalue weighted by molar-refractivity contribution is 0.231. The first-order chi connectivity index (χ1) is 11.2. The molecule has 0 spiro atoms. The van der Waals surface area contributed by atoms with E-state index in [-0.39, 0.29) is 0 Å². The molecule has 1 aliphatic heterocycles. The molecule has 0 saturated carbocycles. The van der Waals surface area contributed by atoms with Crippen molar-refractivity contribution in [3.63, 3.8) is 0 Å². The largest absolute Gasteiger partial charge is 0.347 e. The summed E-state index contributed by atoms with van der Waals surface area (Å²) in [6, 6.07) is 8.45. The topological polar surface area (TPSA) is 49.7 Å². The van der Waals surface area contributed by atoms with Crippen LogP contribution in [0.2, 0.25) is 0 Å². The third-order valence-electron chi connectivity index (χ3n) is 4.50. The van der Waals surface area contributed by atoms with Crippen LogP contribution in [-0.2, 0) is 26.1 Å². The van der Waals surface area contributed by atoms with Crippen LogP contribution in [0.25, 0.3) is 11.0 Å². The van der Waals surface area contributed by atoms with Gasteiger partial charge in [0, 0.05) is 26.1 Å². The van der Waals surface area contributed by atoms with Gasteiger partial charge in [-0.1, -0.05) is 26.0 Å². The molecule has 0 atom stereocenters. The molecule has 0 aliphatic carbocycles. The van der Waals surface area contributed by atoms with Gasteiger partial charge in [0.15, 0.2) is 0 Å². The van der Waals surface area contributed by atoms with Crippen molar-refractivity contribution in [3.8, 4) is 0 Å². The van der Waals surface area contributed by atoms with Crippen molar-refractivity contribution in [2.75, 3.05) is 6.54 Å². The Hall–Kier alpha value is -2.14. The molecule has 1 aliphatic rings. The lowest BCUT2D eigenvalue weighted by Crippen LogP contribution is -2.31. The number of H-pyrrole nitrogens is 1. The van der Waals surface area contributed by atoms with E-state index in [9.17, 15) is 0 Å². The summed E-state index contributed by atoms with van der Waals surface area (Å²) in [5, 5.41) is 0. The molecule has 0 fully saturated rings. The van der Waals surface area contributed by atoms with E-state index in [0.29, 0.717) is 5.92 Å². The maximum absolute atomic E-state index is 4.90. The van der Waals surface area contributed by atoms with Gasteiger partial charge in [0.2, 0.25) is 0 Å². The molecule has 3 heterocycles. The standard InChI is InChI=1S/C18H23N5/c1-13(2)9-23-17-6-4-3-5-15(17)21-18(23)11-22-8-7-14-16(10-22)20-12-19-14/h3-6,12-13H,7-11H2,1-2H3,(H,19,20). The lowest BCUT2D eigenvalue weighted by atomic mass is 10.1. The van der Waals surface area contributed by atoms with E-state index in [1.807, 2.05) is 6.33 Å². The fraction of sp³-hybridized carbons (Fsp3) is 0.444. The average Bonchev–Trinajstić information content (AvgIpc) is 3.12. The lowest BCUT2D eigenvalue weighted by Gasteiger charge is -2.26. The minimum Gasteiger partial charge on any atom is -0.347 e. The van der Waals surface area contributed by atoms with Crippen molar-refractivity contribution in [2.45, 2.75) is 39.9 Å². The van der Waals surface area contributed by atoms with Crippen LogP contribution >= 0.6 is 0 Å². The van der Waals surface area contributed by atoms with Crippen LogP contribution in [0.1, 0.15) is 31.1 Å². The van der Waals surface area contributed by atoms with Gasteiger partial charge in [0.05, 0.1) is 35.3 Å². The summed E-state index contributed by atoms with van der Waals surface area (Å²) in [5.41, 5.74) is 4.82. The molecule has 2 aromatic heterocycles. The maximum atomic E-state index is 4.90. The third kappa shape index (κ3) is 2.77. The molecule has 1 aromatic carbocycles. The van der Waals surface area contributed by atoms with Gasteiger partial charge in [-0.2, -0.15) is 0 Å². The van der Waals surface area contributed by atoms with E-state index in [1.165, 1.54) is 22.7 Å². The predicted molar refractivity (Wildman–Crippen MR) is 91.0 cm³/mol. The first-order valence-corrected chi connectivity index (χ1v) is 8.38. The Bertz CT molecular complexity index is 814. The van der Waals surface area contributed by atoms with E-state index in [2.05, 4.69) is 57.5 Å². The second-order valence-corrected chi connectivity index (χ2v) is 6.81. The van der Waals surface area contributed by atoms with E-state index in [4.69, 9.17) is 4.98 Å². The summed E-state index contributed by atoms with van der Waals surface area (Å²) in [6.07, 6.45) is 2.82. The highest BCUT2D eigenvalue weighted by Gasteiger charge is 2.21. The maximum Gasteiger partial charge on any atom is 0.124 e. The average molecular weight is 309 g/mol. The summed E-state index contributed by atoms with van der Waals surface area (Å²) in [4.78, 5) is 15.0. The smallest absolute Gasteiger partial charge is 0.124 e. The molecule has 0 bridgehead atoms. The van der Waals surface area contributed by atoms with Crippen molar-refractivity contribution in [3.05, 3.63) is 47.8 Å². The van der Waals surface area contributed by atoms with Gasteiger partial charge in [0.25, 0.3) is 0 Å². The molecule has 1 N–H and O–H groups in total. The molecule has 4 rings (SSSR count). The van der Waals surface area contributed by atoms with Gasteiger partial charge in [-0.25, -0.2) is 9.97 Å². The zero-order valence-corrected chi connectivity index (χ0v) is 13.8. The molecular formula is C18H23N5. The number of benzene rings is 1. The van der Waals surface area contributed by atoms with Gasteiger partial charge < -0.3 is 9.55 Å². The van der Waals surface area contributed by atoms with Crippen LogP contribution in [0.3, 0.4) is 0 Å². The summed E-state index contributed by atoms with van der Waals surface area (Å²) in [6.45, 7) is 8.40. The molecule has 5 nitrogen and oxygen atoms in total. The van der Waals surface area contributed by atoms with Crippen LogP contribution in [0.5, 0.6) is 0 Å².